The van der Waals surface area contributed by atoms with Crippen LogP contribution in [0.2, 0.25) is 0 Å². The normalized spacial score (nSPS) is 9.86. The monoisotopic (exact) mass is 99.1 g/mol. The maximum atomic E-state index is 6.47. The molecule has 0 aromatic carbocycles. The van der Waals surface area contributed by atoms with Gasteiger partial charge in [0.25, 0.3) is 0 Å². The zero-order valence-electron chi connectivity index (χ0n) is 4.09. The van der Waals surface area contributed by atoms with Crippen LogP contribution in [-0.2, 0) is 0 Å². The van der Waals surface area contributed by atoms with Crippen LogP contribution in [-0.4, -0.2) is 25.5 Å². The Hall–Kier alpha value is -0.700. The van der Waals surface area contributed by atoms with Crippen molar-refractivity contribution < 1.29 is 0 Å². The largest absolute Gasteiger partial charge is 0.329 e. The summed E-state index contributed by atoms with van der Waals surface area (Å²) in [5.74, 6) is 0. The minimum absolute atomic E-state index is 0.560. The lowest BCUT2D eigenvalue weighted by atomic mass is 10.7. The van der Waals surface area contributed by atoms with Gasteiger partial charge < -0.3 is 11.1 Å². The molecular weight excluding hydrogens is 90.1 g/mol. The van der Waals surface area contributed by atoms with E-state index in [0.717, 1.165) is 6.21 Å². The fraction of sp³-hybridized carbons (Fsp3) is 0.500. The fourth-order valence-electron chi connectivity index (χ4n) is 0.202. The van der Waals surface area contributed by atoms with Crippen molar-refractivity contribution in [3.05, 3.63) is 0 Å². The fourth-order valence-corrected chi connectivity index (χ4v) is 0.202. The summed E-state index contributed by atoms with van der Waals surface area (Å²) in [5.41, 5.74) is 5.08. The van der Waals surface area contributed by atoms with E-state index in [0.29, 0.717) is 13.1 Å². The van der Waals surface area contributed by atoms with Crippen molar-refractivity contribution >= 4 is 12.4 Å². The van der Waals surface area contributed by atoms with Gasteiger partial charge in [0.1, 0.15) is 0 Å². The molecule has 7 heavy (non-hydrogen) atoms. The average molecular weight is 99.1 g/mol. The van der Waals surface area contributed by atoms with Crippen molar-refractivity contribution in [3.63, 3.8) is 0 Å². The molecular formula is C4H9N3. The Morgan fingerprint density at radius 3 is 2.86 bits per heavy atom. The van der Waals surface area contributed by atoms with Crippen LogP contribution in [0.3, 0.4) is 0 Å². The van der Waals surface area contributed by atoms with E-state index in [2.05, 4.69) is 4.99 Å². The Bertz CT molecular complexity index is 67.3. The van der Waals surface area contributed by atoms with Crippen LogP contribution in [0.1, 0.15) is 0 Å². The molecule has 0 radical (unpaired) electrons. The van der Waals surface area contributed by atoms with Gasteiger partial charge in [-0.3, -0.25) is 4.99 Å². The molecule has 3 heteroatoms. The van der Waals surface area contributed by atoms with Crippen LogP contribution in [0, 0.1) is 5.41 Å². The van der Waals surface area contributed by atoms with Gasteiger partial charge in [-0.2, -0.15) is 0 Å². The molecule has 0 amide bonds. The van der Waals surface area contributed by atoms with Crippen molar-refractivity contribution in [1.82, 2.24) is 0 Å². The molecule has 40 valence electrons. The maximum absolute atomic E-state index is 6.47. The van der Waals surface area contributed by atoms with E-state index in [1.54, 1.807) is 0 Å². The summed E-state index contributed by atoms with van der Waals surface area (Å²) in [6, 6.07) is 0. The smallest absolute Gasteiger partial charge is 0.0512 e. The molecule has 0 unspecified atom stereocenters. The zero-order valence-corrected chi connectivity index (χ0v) is 4.09. The van der Waals surface area contributed by atoms with Gasteiger partial charge >= 0.3 is 0 Å². The molecule has 0 bridgehead atoms. The molecule has 0 rings (SSSR count). The van der Waals surface area contributed by atoms with Crippen molar-refractivity contribution in [2.45, 2.75) is 0 Å². The van der Waals surface area contributed by atoms with Gasteiger partial charge in [-0.15, -0.1) is 0 Å². The summed E-state index contributed by atoms with van der Waals surface area (Å²) >= 11 is 0. The van der Waals surface area contributed by atoms with E-state index in [-0.39, 0.29) is 0 Å². The van der Waals surface area contributed by atoms with Crippen LogP contribution in [0.25, 0.3) is 0 Å². The zero-order chi connectivity index (χ0) is 5.54. The van der Waals surface area contributed by atoms with Crippen LogP contribution in [0.15, 0.2) is 4.99 Å². The highest BCUT2D eigenvalue weighted by Crippen LogP contribution is 1.57. The molecule has 0 atom stereocenters. The molecule has 0 aromatic rings. The summed E-state index contributed by atoms with van der Waals surface area (Å²) in [6.07, 6.45) is 2.56. The quantitative estimate of drug-likeness (QED) is 0.467. The highest BCUT2D eigenvalue weighted by Gasteiger charge is 1.66. The van der Waals surface area contributed by atoms with Gasteiger partial charge in [0.2, 0.25) is 0 Å². The number of nitrogens with two attached hydrogens (primary N) is 1. The maximum Gasteiger partial charge on any atom is 0.0512 e. The SMILES string of the molecule is N=CC=NCCN. The van der Waals surface area contributed by atoms with E-state index < -0.39 is 0 Å². The van der Waals surface area contributed by atoms with Gasteiger partial charge in [0.15, 0.2) is 0 Å². The highest BCUT2D eigenvalue weighted by atomic mass is 14.7. The number of hydrogen-bond donors (Lipinski definition) is 2. The summed E-state index contributed by atoms with van der Waals surface area (Å²) in [5, 5.41) is 6.47. The lowest BCUT2D eigenvalue weighted by Gasteiger charge is -1.79. The lowest BCUT2D eigenvalue weighted by molar-refractivity contribution is 0.982. The third kappa shape index (κ3) is 5.30. The van der Waals surface area contributed by atoms with Crippen molar-refractivity contribution in [2.24, 2.45) is 10.7 Å². The number of hydrogen-bond acceptors (Lipinski definition) is 3. The highest BCUT2D eigenvalue weighted by molar-refractivity contribution is 6.14. The minimum Gasteiger partial charge on any atom is -0.329 e. The van der Waals surface area contributed by atoms with Crippen molar-refractivity contribution in [2.75, 3.05) is 13.1 Å². The predicted molar refractivity (Wildman–Crippen MR) is 31.2 cm³/mol. The Morgan fingerprint density at radius 2 is 2.43 bits per heavy atom. The van der Waals surface area contributed by atoms with Gasteiger partial charge in [0.05, 0.1) is 6.54 Å². The van der Waals surface area contributed by atoms with Crippen LogP contribution in [0.5, 0.6) is 0 Å². The lowest BCUT2D eigenvalue weighted by Crippen LogP contribution is -2.02. The summed E-state index contributed by atoms with van der Waals surface area (Å²) in [4.78, 5) is 3.72. The first-order valence-corrected chi connectivity index (χ1v) is 2.10. The molecule has 0 aliphatic heterocycles. The standard InChI is InChI=1S/C4H9N3/c5-1-3-7-4-2-6/h1,3,5H,2,4,6H2. The van der Waals surface area contributed by atoms with Crippen LogP contribution >= 0.6 is 0 Å². The first kappa shape index (κ1) is 6.30. The number of rotatable bonds is 3. The molecule has 0 heterocycles. The first-order valence-electron chi connectivity index (χ1n) is 2.10. The van der Waals surface area contributed by atoms with Crippen LogP contribution < -0.4 is 5.73 Å². The molecule has 0 saturated carbocycles. The Balaban J connectivity index is 2.92. The number of aliphatic imine (C=N–C) groups is 1. The van der Waals surface area contributed by atoms with Crippen molar-refractivity contribution in [3.8, 4) is 0 Å². The minimum atomic E-state index is 0.560. The Morgan fingerprint density at radius 1 is 1.71 bits per heavy atom. The van der Waals surface area contributed by atoms with Crippen molar-refractivity contribution in [1.29, 1.82) is 5.41 Å². The van der Waals surface area contributed by atoms with E-state index >= 15 is 0 Å². The third-order valence-electron chi connectivity index (χ3n) is 0.438. The average Bonchev–Trinajstić information content (AvgIpc) is 1.69. The molecule has 0 aliphatic carbocycles. The summed E-state index contributed by atoms with van der Waals surface area (Å²) in [7, 11) is 0. The molecule has 0 aromatic heterocycles. The molecule has 0 spiro atoms. The van der Waals surface area contributed by atoms with E-state index in [4.69, 9.17) is 11.1 Å². The molecule has 3 N–H and O–H groups in total. The van der Waals surface area contributed by atoms with Crippen LogP contribution in [0.4, 0.5) is 0 Å². The second-order valence-corrected chi connectivity index (χ2v) is 1.01. The molecule has 0 saturated heterocycles. The second kappa shape index (κ2) is 5.30. The predicted octanol–water partition coefficient (Wildman–Crippen LogP) is -0.335. The number of nitrogens with zero attached hydrogens (tertiary/aromatic N) is 1. The van der Waals surface area contributed by atoms with E-state index in [9.17, 15) is 0 Å². The Labute approximate surface area is 42.8 Å². The molecule has 3 nitrogen and oxygen atoms in total. The molecule has 0 aliphatic rings. The Kier molecular flexibility index (Phi) is 4.77. The summed E-state index contributed by atoms with van der Waals surface area (Å²) < 4.78 is 0. The second-order valence-electron chi connectivity index (χ2n) is 1.01. The molecule has 0 fully saturated rings. The first-order chi connectivity index (χ1) is 3.41. The van der Waals surface area contributed by atoms with Gasteiger partial charge in [-0.1, -0.05) is 0 Å². The van der Waals surface area contributed by atoms with Gasteiger partial charge in [0, 0.05) is 19.0 Å². The number of nitrogens with one attached hydrogen (secondary N) is 1. The topological polar surface area (TPSA) is 62.2 Å². The third-order valence-corrected chi connectivity index (χ3v) is 0.438. The summed E-state index contributed by atoms with van der Waals surface area (Å²) in [6.45, 7) is 1.18. The van der Waals surface area contributed by atoms with E-state index in [1.807, 2.05) is 0 Å². The van der Waals surface area contributed by atoms with Gasteiger partial charge in [-0.25, -0.2) is 0 Å². The van der Waals surface area contributed by atoms with Gasteiger partial charge in [-0.05, 0) is 0 Å². The van der Waals surface area contributed by atoms with E-state index in [1.165, 1.54) is 6.21 Å².